The quantitative estimate of drug-likeness (QED) is 0.587. The lowest BCUT2D eigenvalue weighted by atomic mass is 10.1. The molecular weight excluding hydrogens is 270 g/mol. The Kier molecular flexibility index (Phi) is 5.17. The van der Waals surface area contributed by atoms with Gasteiger partial charge >= 0.3 is 0 Å². The molecule has 1 amide bonds. The van der Waals surface area contributed by atoms with Gasteiger partial charge in [0.05, 0.1) is 12.2 Å². The van der Waals surface area contributed by atoms with Crippen molar-refractivity contribution in [3.63, 3.8) is 0 Å². The summed E-state index contributed by atoms with van der Waals surface area (Å²) >= 11 is 0. The van der Waals surface area contributed by atoms with Crippen molar-refractivity contribution in [1.29, 1.82) is 0 Å². The Hall–Kier alpha value is -1.63. The molecule has 1 aliphatic heterocycles. The number of nitrogen functional groups attached to an aromatic ring is 1. The van der Waals surface area contributed by atoms with Crippen molar-refractivity contribution in [3.8, 4) is 0 Å². The Morgan fingerprint density at radius 2 is 2.05 bits per heavy atom. The number of hydrogen-bond acceptors (Lipinski definition) is 5. The van der Waals surface area contributed by atoms with Gasteiger partial charge in [0.2, 0.25) is 5.91 Å². The Bertz CT molecular complexity index is 497. The average Bonchev–Trinajstić information content (AvgIpc) is 2.73. The van der Waals surface area contributed by atoms with E-state index in [4.69, 9.17) is 5.73 Å². The number of likely N-dealkylation sites (tertiary alicyclic amines) is 1. The zero-order valence-corrected chi connectivity index (χ0v) is 12.2. The summed E-state index contributed by atoms with van der Waals surface area (Å²) in [5.41, 5.74) is 8.05. The number of carbonyl (C=O) groups excluding carboxylic acids is 1. The molecule has 0 saturated carbocycles. The smallest absolute Gasteiger partial charge is 0.224 e. The second kappa shape index (κ2) is 6.89. The predicted octanol–water partition coefficient (Wildman–Crippen LogP) is 0.333. The highest BCUT2D eigenvalue weighted by atomic mass is 16.3. The topological polar surface area (TPSA) is 98.8 Å². The lowest BCUT2D eigenvalue weighted by Gasteiger charge is -2.14. The number of aryl methyl sites for hydroxylation is 1. The van der Waals surface area contributed by atoms with Gasteiger partial charge in [0.1, 0.15) is 0 Å². The summed E-state index contributed by atoms with van der Waals surface area (Å²) in [7, 11) is 0. The first-order valence-corrected chi connectivity index (χ1v) is 7.20. The van der Waals surface area contributed by atoms with Gasteiger partial charge < -0.3 is 21.3 Å². The van der Waals surface area contributed by atoms with E-state index in [1.807, 2.05) is 17.9 Å². The number of rotatable bonds is 5. The Labute approximate surface area is 124 Å². The molecular formula is C15H23N3O3. The number of amides is 1. The van der Waals surface area contributed by atoms with Crippen LogP contribution in [0.1, 0.15) is 18.4 Å². The largest absolute Gasteiger partial charge is 0.399 e. The van der Waals surface area contributed by atoms with Gasteiger partial charge in [-0.25, -0.2) is 0 Å². The van der Waals surface area contributed by atoms with Crippen molar-refractivity contribution in [1.82, 2.24) is 4.90 Å². The van der Waals surface area contributed by atoms with Crippen LogP contribution in [0.15, 0.2) is 18.2 Å². The average molecular weight is 293 g/mol. The van der Waals surface area contributed by atoms with Crippen LogP contribution in [-0.2, 0) is 4.79 Å². The van der Waals surface area contributed by atoms with Crippen LogP contribution in [0.2, 0.25) is 0 Å². The minimum absolute atomic E-state index is 0.0519. The maximum absolute atomic E-state index is 11.9. The molecule has 2 rings (SSSR count). The third-order valence-corrected chi connectivity index (χ3v) is 3.75. The van der Waals surface area contributed by atoms with Crippen molar-refractivity contribution in [2.24, 2.45) is 0 Å². The van der Waals surface area contributed by atoms with Gasteiger partial charge in [-0.3, -0.25) is 9.69 Å². The van der Waals surface area contributed by atoms with Crippen LogP contribution in [0.4, 0.5) is 11.4 Å². The van der Waals surface area contributed by atoms with E-state index >= 15 is 0 Å². The van der Waals surface area contributed by atoms with E-state index in [1.54, 1.807) is 12.1 Å². The number of benzene rings is 1. The van der Waals surface area contributed by atoms with Crippen molar-refractivity contribution in [3.05, 3.63) is 23.8 Å². The number of carbonyl (C=O) groups is 1. The first kappa shape index (κ1) is 15.8. The molecule has 0 spiro atoms. The molecule has 5 N–H and O–H groups in total. The molecule has 0 aromatic heterocycles. The first-order chi connectivity index (χ1) is 9.95. The molecule has 0 bridgehead atoms. The van der Waals surface area contributed by atoms with Gasteiger partial charge in [0.25, 0.3) is 0 Å². The zero-order chi connectivity index (χ0) is 15.4. The second-order valence-electron chi connectivity index (χ2n) is 5.62. The highest BCUT2D eigenvalue weighted by Gasteiger charge is 2.28. The molecule has 1 heterocycles. The van der Waals surface area contributed by atoms with Crippen LogP contribution in [0, 0.1) is 6.92 Å². The number of nitrogens with one attached hydrogen (secondary N) is 1. The minimum atomic E-state index is -0.672. The molecule has 1 saturated heterocycles. The van der Waals surface area contributed by atoms with E-state index in [9.17, 15) is 15.0 Å². The normalized spacial score (nSPS) is 22.4. The molecule has 116 valence electrons. The third kappa shape index (κ3) is 4.42. The van der Waals surface area contributed by atoms with Crippen molar-refractivity contribution >= 4 is 17.3 Å². The van der Waals surface area contributed by atoms with Crippen LogP contribution in [-0.4, -0.2) is 52.9 Å². The fourth-order valence-electron chi connectivity index (χ4n) is 2.48. The van der Waals surface area contributed by atoms with Crippen LogP contribution < -0.4 is 11.1 Å². The molecule has 1 aliphatic rings. The molecule has 0 radical (unpaired) electrons. The van der Waals surface area contributed by atoms with Gasteiger partial charge in [-0.15, -0.1) is 0 Å². The van der Waals surface area contributed by atoms with E-state index in [0.717, 1.165) is 11.3 Å². The summed E-state index contributed by atoms with van der Waals surface area (Å²) in [6, 6.07) is 5.42. The van der Waals surface area contributed by atoms with Gasteiger partial charge in [0.15, 0.2) is 0 Å². The number of hydrogen-bond donors (Lipinski definition) is 4. The summed E-state index contributed by atoms with van der Waals surface area (Å²) in [6.45, 7) is 3.55. The summed E-state index contributed by atoms with van der Waals surface area (Å²) in [6.07, 6.45) is -0.258. The minimum Gasteiger partial charge on any atom is -0.399 e. The lowest BCUT2D eigenvalue weighted by Crippen LogP contribution is -2.24. The fourth-order valence-corrected chi connectivity index (χ4v) is 2.48. The second-order valence-corrected chi connectivity index (χ2v) is 5.62. The number of aliphatic hydroxyl groups is 2. The maximum Gasteiger partial charge on any atom is 0.224 e. The standard InChI is InChI=1S/C15H23N3O3/c1-10-4-5-11(16)7-12(10)17-15(21)3-2-6-18-8-13(19)14(20)9-18/h4-5,7,13-14,19-20H,2-3,6,8-9,16H2,1H3,(H,17,21). The highest BCUT2D eigenvalue weighted by molar-refractivity contribution is 5.91. The number of aliphatic hydroxyl groups excluding tert-OH is 2. The summed E-state index contributed by atoms with van der Waals surface area (Å²) < 4.78 is 0. The van der Waals surface area contributed by atoms with Gasteiger partial charge in [0, 0.05) is 30.9 Å². The summed E-state index contributed by atoms with van der Waals surface area (Å²) in [4.78, 5) is 13.9. The SMILES string of the molecule is Cc1ccc(N)cc1NC(=O)CCCN1CC(O)C(O)C1. The monoisotopic (exact) mass is 293 g/mol. The molecule has 2 unspecified atom stereocenters. The molecule has 21 heavy (non-hydrogen) atoms. The number of nitrogens with two attached hydrogens (primary N) is 1. The lowest BCUT2D eigenvalue weighted by molar-refractivity contribution is -0.116. The van der Waals surface area contributed by atoms with E-state index in [0.29, 0.717) is 38.2 Å². The zero-order valence-electron chi connectivity index (χ0n) is 12.2. The van der Waals surface area contributed by atoms with Gasteiger partial charge in [-0.2, -0.15) is 0 Å². The Morgan fingerprint density at radius 3 is 2.71 bits per heavy atom. The number of anilines is 2. The Morgan fingerprint density at radius 1 is 1.38 bits per heavy atom. The van der Waals surface area contributed by atoms with Crippen LogP contribution in [0.5, 0.6) is 0 Å². The number of nitrogens with zero attached hydrogens (tertiary/aromatic N) is 1. The molecule has 1 aromatic carbocycles. The maximum atomic E-state index is 11.9. The molecule has 0 aliphatic carbocycles. The summed E-state index contributed by atoms with van der Waals surface area (Å²) in [5.74, 6) is -0.0519. The molecule has 1 fully saturated rings. The van der Waals surface area contributed by atoms with Crippen molar-refractivity contribution in [2.75, 3.05) is 30.7 Å². The van der Waals surface area contributed by atoms with Crippen LogP contribution >= 0.6 is 0 Å². The predicted molar refractivity (Wildman–Crippen MR) is 81.9 cm³/mol. The molecule has 1 aromatic rings. The molecule has 2 atom stereocenters. The van der Waals surface area contributed by atoms with E-state index in [-0.39, 0.29) is 5.91 Å². The molecule has 6 heteroatoms. The third-order valence-electron chi connectivity index (χ3n) is 3.75. The highest BCUT2D eigenvalue weighted by Crippen LogP contribution is 2.18. The van der Waals surface area contributed by atoms with E-state index < -0.39 is 12.2 Å². The Balaban J connectivity index is 1.74. The number of β-amino-alcohol motifs (C(OH)–C–C–N with tert-alkyl or cyclic N) is 2. The molecule has 6 nitrogen and oxygen atoms in total. The van der Waals surface area contributed by atoms with Gasteiger partial charge in [-0.1, -0.05) is 6.07 Å². The van der Waals surface area contributed by atoms with Crippen LogP contribution in [0.25, 0.3) is 0 Å². The van der Waals surface area contributed by atoms with Crippen molar-refractivity contribution < 1.29 is 15.0 Å². The van der Waals surface area contributed by atoms with E-state index in [1.165, 1.54) is 0 Å². The van der Waals surface area contributed by atoms with Crippen molar-refractivity contribution in [2.45, 2.75) is 32.0 Å². The van der Waals surface area contributed by atoms with E-state index in [2.05, 4.69) is 5.32 Å². The fraction of sp³-hybridized carbons (Fsp3) is 0.533. The first-order valence-electron chi connectivity index (χ1n) is 7.20. The van der Waals surface area contributed by atoms with Gasteiger partial charge in [-0.05, 0) is 37.6 Å². The summed E-state index contributed by atoms with van der Waals surface area (Å²) in [5, 5.41) is 21.7. The van der Waals surface area contributed by atoms with Crippen LogP contribution in [0.3, 0.4) is 0 Å².